The lowest BCUT2D eigenvalue weighted by Crippen LogP contribution is -2.58. The molecule has 1 aromatic heterocycles. The number of hydrogen-bond acceptors (Lipinski definition) is 7. The smallest absolute Gasteiger partial charge is 0.270 e. The average molecular weight is 526 g/mol. The Morgan fingerprint density at radius 2 is 1.97 bits per heavy atom. The second-order valence-corrected chi connectivity index (χ2v) is 10.1. The maximum absolute atomic E-state index is 13.7. The van der Waals surface area contributed by atoms with Gasteiger partial charge in [-0.05, 0) is 43.7 Å². The van der Waals surface area contributed by atoms with Gasteiger partial charge in [0.25, 0.3) is 5.91 Å². The van der Waals surface area contributed by atoms with Crippen LogP contribution in [0.3, 0.4) is 0 Å². The molecule has 2 aliphatic rings. The van der Waals surface area contributed by atoms with Gasteiger partial charge in [0.15, 0.2) is 0 Å². The standard InChI is InChI=1S/C26H35N7O5/c1-16(2)13-21-25(37)30-17(14-27)9-10-22(34)33-12-6-8-20(33)24(36)29-15-19(26(38)32(21)3)31-23(35)18-7-4-5-11-28-18/h4-5,7,11,16-17,19-21H,6,8-10,12-13,15H2,1-3H3,(H,29,36)(H,30,37)(H,31,35)/t17-,19-,20+,21-/m0/s1. The van der Waals surface area contributed by atoms with E-state index in [4.69, 9.17) is 0 Å². The predicted molar refractivity (Wildman–Crippen MR) is 136 cm³/mol. The van der Waals surface area contributed by atoms with E-state index in [2.05, 4.69) is 20.9 Å². The fourth-order valence-corrected chi connectivity index (χ4v) is 4.72. The number of nitriles is 1. The third-order valence-corrected chi connectivity index (χ3v) is 6.79. The molecule has 0 aromatic carbocycles. The van der Waals surface area contributed by atoms with Crippen LogP contribution in [0.15, 0.2) is 24.4 Å². The van der Waals surface area contributed by atoms with Crippen LogP contribution < -0.4 is 16.0 Å². The number of pyridine rings is 1. The molecule has 0 spiro atoms. The van der Waals surface area contributed by atoms with Gasteiger partial charge in [-0.15, -0.1) is 0 Å². The molecule has 2 fully saturated rings. The molecule has 0 unspecified atom stereocenters. The van der Waals surface area contributed by atoms with Crippen molar-refractivity contribution in [1.29, 1.82) is 5.26 Å². The summed E-state index contributed by atoms with van der Waals surface area (Å²) in [5, 5.41) is 17.6. The number of amides is 5. The van der Waals surface area contributed by atoms with E-state index >= 15 is 0 Å². The van der Waals surface area contributed by atoms with E-state index in [1.54, 1.807) is 12.1 Å². The maximum Gasteiger partial charge on any atom is 0.270 e. The molecule has 204 valence electrons. The first kappa shape index (κ1) is 28.6. The Morgan fingerprint density at radius 3 is 2.63 bits per heavy atom. The van der Waals surface area contributed by atoms with Crippen LogP contribution in [-0.2, 0) is 19.2 Å². The van der Waals surface area contributed by atoms with Crippen LogP contribution in [0.5, 0.6) is 0 Å². The number of carbonyl (C=O) groups excluding carboxylic acids is 5. The summed E-state index contributed by atoms with van der Waals surface area (Å²) in [6, 6.07) is 3.00. The van der Waals surface area contributed by atoms with Gasteiger partial charge in [-0.1, -0.05) is 19.9 Å². The van der Waals surface area contributed by atoms with Crippen LogP contribution in [0.1, 0.15) is 56.4 Å². The number of rotatable bonds is 4. The molecule has 3 rings (SSSR count). The van der Waals surface area contributed by atoms with Gasteiger partial charge in [-0.3, -0.25) is 29.0 Å². The first-order chi connectivity index (χ1) is 18.1. The Balaban J connectivity index is 1.94. The Kier molecular flexibility index (Phi) is 9.76. The van der Waals surface area contributed by atoms with E-state index in [-0.39, 0.29) is 36.9 Å². The second-order valence-electron chi connectivity index (χ2n) is 10.1. The van der Waals surface area contributed by atoms with Gasteiger partial charge in [0, 0.05) is 32.8 Å². The molecular formula is C26H35N7O5. The largest absolute Gasteiger partial charge is 0.352 e. The molecule has 2 saturated heterocycles. The Hall–Kier alpha value is -4.01. The molecule has 38 heavy (non-hydrogen) atoms. The lowest BCUT2D eigenvalue weighted by molar-refractivity contribution is -0.141. The number of nitrogens with zero attached hydrogens (tertiary/aromatic N) is 4. The van der Waals surface area contributed by atoms with E-state index in [1.807, 2.05) is 19.9 Å². The number of nitrogens with one attached hydrogen (secondary N) is 3. The van der Waals surface area contributed by atoms with Crippen molar-refractivity contribution < 1.29 is 24.0 Å². The van der Waals surface area contributed by atoms with Crippen molar-refractivity contribution in [2.75, 3.05) is 20.1 Å². The molecule has 0 saturated carbocycles. The summed E-state index contributed by atoms with van der Waals surface area (Å²) in [6.45, 7) is 3.96. The van der Waals surface area contributed by atoms with Crippen LogP contribution in [0, 0.1) is 17.2 Å². The highest BCUT2D eigenvalue weighted by molar-refractivity contribution is 5.97. The van der Waals surface area contributed by atoms with Gasteiger partial charge in [0.2, 0.25) is 23.6 Å². The van der Waals surface area contributed by atoms with Gasteiger partial charge in [-0.2, -0.15) is 5.26 Å². The summed E-state index contributed by atoms with van der Waals surface area (Å²) in [5.74, 6) is -2.41. The maximum atomic E-state index is 13.7. The third kappa shape index (κ3) is 7.06. The first-order valence-electron chi connectivity index (χ1n) is 12.9. The summed E-state index contributed by atoms with van der Waals surface area (Å²) in [7, 11) is 1.46. The van der Waals surface area contributed by atoms with Gasteiger partial charge < -0.3 is 25.8 Å². The number of carbonyl (C=O) groups is 5. The Morgan fingerprint density at radius 1 is 1.21 bits per heavy atom. The zero-order valence-electron chi connectivity index (χ0n) is 22.0. The van der Waals surface area contributed by atoms with Gasteiger partial charge in [0.1, 0.15) is 29.9 Å². The molecular weight excluding hydrogens is 490 g/mol. The third-order valence-electron chi connectivity index (χ3n) is 6.79. The highest BCUT2D eigenvalue weighted by Gasteiger charge is 2.37. The van der Waals surface area contributed by atoms with Crippen molar-refractivity contribution >= 4 is 29.5 Å². The van der Waals surface area contributed by atoms with Crippen molar-refractivity contribution in [3.63, 3.8) is 0 Å². The molecule has 0 aliphatic carbocycles. The number of hydrogen-bond donors (Lipinski definition) is 3. The molecule has 3 N–H and O–H groups in total. The fraction of sp³-hybridized carbons (Fsp3) is 0.577. The lowest BCUT2D eigenvalue weighted by Gasteiger charge is -2.32. The van der Waals surface area contributed by atoms with Crippen molar-refractivity contribution in [2.24, 2.45) is 5.92 Å². The van der Waals surface area contributed by atoms with Crippen LogP contribution in [0.2, 0.25) is 0 Å². The van der Waals surface area contributed by atoms with Crippen molar-refractivity contribution in [3.05, 3.63) is 30.1 Å². The normalized spacial score (nSPS) is 25.6. The quantitative estimate of drug-likeness (QED) is 0.496. The van der Waals surface area contributed by atoms with Crippen LogP contribution in [0.25, 0.3) is 0 Å². The Bertz CT molecular complexity index is 1090. The molecule has 0 radical (unpaired) electrons. The summed E-state index contributed by atoms with van der Waals surface area (Å²) >= 11 is 0. The van der Waals surface area contributed by atoms with Crippen LogP contribution in [-0.4, -0.2) is 88.6 Å². The Labute approximate surface area is 222 Å². The van der Waals surface area contributed by atoms with Crippen molar-refractivity contribution in [3.8, 4) is 6.07 Å². The minimum atomic E-state index is -1.21. The van der Waals surface area contributed by atoms with Gasteiger partial charge >= 0.3 is 0 Å². The van der Waals surface area contributed by atoms with E-state index in [1.165, 1.54) is 29.1 Å². The molecule has 0 bridgehead atoms. The molecule has 3 heterocycles. The average Bonchev–Trinajstić information content (AvgIpc) is 3.40. The minimum Gasteiger partial charge on any atom is -0.352 e. The summed E-state index contributed by atoms with van der Waals surface area (Å²) < 4.78 is 0. The monoisotopic (exact) mass is 525 g/mol. The molecule has 2 aliphatic heterocycles. The van der Waals surface area contributed by atoms with E-state index in [0.29, 0.717) is 25.8 Å². The fourth-order valence-electron chi connectivity index (χ4n) is 4.72. The summed E-state index contributed by atoms with van der Waals surface area (Å²) in [6.07, 6.45) is 2.93. The van der Waals surface area contributed by atoms with Crippen molar-refractivity contribution in [1.82, 2.24) is 30.7 Å². The SMILES string of the molecule is CC(C)C[C@H]1C(=O)N[C@H](C#N)CCC(=O)N2CCC[C@@H]2C(=O)NC[C@H](NC(=O)c2ccccn2)C(=O)N1C. The lowest BCUT2D eigenvalue weighted by atomic mass is 10.0. The number of fused-ring (bicyclic) bond motifs is 1. The highest BCUT2D eigenvalue weighted by Crippen LogP contribution is 2.20. The summed E-state index contributed by atoms with van der Waals surface area (Å²) in [4.78, 5) is 72.5. The minimum absolute atomic E-state index is 0.00530. The first-order valence-corrected chi connectivity index (χ1v) is 12.9. The predicted octanol–water partition coefficient (Wildman–Crippen LogP) is -0.0375. The van der Waals surface area contributed by atoms with Crippen LogP contribution >= 0.6 is 0 Å². The zero-order chi connectivity index (χ0) is 27.8. The zero-order valence-corrected chi connectivity index (χ0v) is 22.0. The van der Waals surface area contributed by atoms with Gasteiger partial charge in [0.05, 0.1) is 6.07 Å². The molecule has 12 nitrogen and oxygen atoms in total. The highest BCUT2D eigenvalue weighted by atomic mass is 16.2. The molecule has 12 heteroatoms. The van der Waals surface area contributed by atoms with Gasteiger partial charge in [-0.25, -0.2) is 0 Å². The molecule has 1 aromatic rings. The molecule has 5 amide bonds. The second kappa shape index (κ2) is 13.0. The van der Waals surface area contributed by atoms with E-state index in [0.717, 1.165) is 0 Å². The van der Waals surface area contributed by atoms with E-state index < -0.39 is 47.8 Å². The number of likely N-dealkylation sites (N-methyl/N-ethyl adjacent to an activating group) is 1. The van der Waals surface area contributed by atoms with Crippen molar-refractivity contribution in [2.45, 2.75) is 70.1 Å². The van der Waals surface area contributed by atoms with Crippen LogP contribution in [0.4, 0.5) is 0 Å². The molecule has 4 atom stereocenters. The summed E-state index contributed by atoms with van der Waals surface area (Å²) in [5.41, 5.74) is 0.0890. The number of aromatic nitrogens is 1. The van der Waals surface area contributed by atoms with E-state index in [9.17, 15) is 29.2 Å². The topological polar surface area (TPSA) is 165 Å².